The molecule has 1 radical (unpaired) electrons. The molecule has 1 aliphatic carbocycles. The van der Waals surface area contributed by atoms with E-state index in [1.807, 2.05) is 20.8 Å². The van der Waals surface area contributed by atoms with Crippen molar-refractivity contribution < 1.29 is 21.7 Å². The van der Waals surface area contributed by atoms with Gasteiger partial charge in [0.1, 0.15) is 0 Å². The maximum Gasteiger partial charge on any atom is 4.00 e. The number of nitrogens with one attached hydrogen (secondary N) is 1. The summed E-state index contributed by atoms with van der Waals surface area (Å²) < 4.78 is 0. The quantitative estimate of drug-likeness (QED) is 0.385. The first-order valence-electron chi connectivity index (χ1n) is 6.31. The Morgan fingerprint density at radius 3 is 1.35 bits per heavy atom. The molecule has 0 aromatic rings. The minimum absolute atomic E-state index is 0. The van der Waals surface area contributed by atoms with Gasteiger partial charge < -0.3 is 20.6 Å². The van der Waals surface area contributed by atoms with Gasteiger partial charge in [-0.2, -0.15) is 11.1 Å². The fraction of sp³-hybridized carbons (Fsp3) is 0.647. The molecule has 1 N–H and O–H groups in total. The van der Waals surface area contributed by atoms with E-state index in [1.54, 1.807) is 0 Å². The monoisotopic (exact) mass is 330 g/mol. The second-order valence-electron chi connectivity index (χ2n) is 5.63. The predicted octanol–water partition coefficient (Wildman–Crippen LogP) is 5.98. The Balaban J connectivity index is -0.0000000601. The summed E-state index contributed by atoms with van der Waals surface area (Å²) in [6.45, 7) is 18.6. The smallest absolute Gasteiger partial charge is 0.673 e. The fourth-order valence-electron chi connectivity index (χ4n) is 1.16. The molecule has 0 spiro atoms. The molecular formula is C17H36NSiTi. The van der Waals surface area contributed by atoms with E-state index in [2.05, 4.69) is 46.9 Å². The van der Waals surface area contributed by atoms with Crippen LogP contribution >= 0.6 is 0 Å². The van der Waals surface area contributed by atoms with Gasteiger partial charge in [-0.3, -0.25) is 6.08 Å². The Kier molecular flexibility index (Phi) is 25.5. The molecule has 1 rings (SSSR count). The van der Waals surface area contributed by atoms with Gasteiger partial charge in [-0.25, -0.2) is 5.57 Å². The normalized spacial score (nSPS) is 16.1. The van der Waals surface area contributed by atoms with E-state index in [1.165, 1.54) is 16.7 Å². The molecule has 0 aliphatic heterocycles. The molecule has 0 saturated carbocycles. The number of allylic oxidation sites excluding steroid dienone is 4. The molecule has 3 heteroatoms. The van der Waals surface area contributed by atoms with Crippen LogP contribution in [-0.4, -0.2) is 15.1 Å². The summed E-state index contributed by atoms with van der Waals surface area (Å²) in [7, 11) is 0.750. The van der Waals surface area contributed by atoms with Crippen molar-refractivity contribution in [2.45, 2.75) is 67.1 Å². The summed E-state index contributed by atoms with van der Waals surface area (Å²) in [5.74, 6) is 0.560. The molecule has 0 aromatic heterocycles. The zero-order chi connectivity index (χ0) is 14.2. The van der Waals surface area contributed by atoms with Crippen LogP contribution in [0.1, 0.15) is 48.5 Å². The van der Waals surface area contributed by atoms with Gasteiger partial charge in [0.25, 0.3) is 0 Å². The van der Waals surface area contributed by atoms with E-state index in [9.17, 15) is 0 Å². The number of hydrogen-bond donors (Lipinski definition) is 0. The van der Waals surface area contributed by atoms with Crippen LogP contribution in [-0.2, 0) is 21.7 Å². The molecule has 0 bridgehead atoms. The van der Waals surface area contributed by atoms with Crippen LogP contribution in [0.4, 0.5) is 0 Å². The molecule has 0 fully saturated rings. The van der Waals surface area contributed by atoms with Gasteiger partial charge >= 0.3 is 21.7 Å². The minimum Gasteiger partial charge on any atom is -0.673 e. The van der Waals surface area contributed by atoms with Gasteiger partial charge in [0.05, 0.1) is 0 Å². The summed E-state index contributed by atoms with van der Waals surface area (Å²) in [5.41, 5.74) is 10.9. The standard InChI is InChI=1S/C9H13.C4H10N.C2H7Si.2CH3.Ti/c1-6-5-7(2)9(4)8(6)3;1-4(2,3)5;1-3-2;;;/h6H,1-4H3;5H,1-3H3;3H,1-2H3;2*1H3;/q2*-1;;2*-1;+4. The molecule has 0 amide bonds. The van der Waals surface area contributed by atoms with E-state index in [-0.39, 0.29) is 42.1 Å². The van der Waals surface area contributed by atoms with Crippen molar-refractivity contribution in [3.63, 3.8) is 0 Å². The molecular weight excluding hydrogens is 294 g/mol. The van der Waals surface area contributed by atoms with Crippen molar-refractivity contribution in [3.8, 4) is 0 Å². The van der Waals surface area contributed by atoms with Crippen molar-refractivity contribution in [1.29, 1.82) is 0 Å². The van der Waals surface area contributed by atoms with Crippen LogP contribution in [0.15, 0.2) is 16.7 Å². The second kappa shape index (κ2) is 15.8. The van der Waals surface area contributed by atoms with Crippen molar-refractivity contribution >= 4 is 9.52 Å². The average molecular weight is 330 g/mol. The SMILES string of the molecule is CC(C)(C)[NH-].CC1=[C-]C(C)C(C)=C1C.C[SiH]C.[CH3-].[CH3-].[Ti+4]. The third-order valence-corrected chi connectivity index (χ3v) is 2.24. The summed E-state index contributed by atoms with van der Waals surface area (Å²) in [6, 6.07) is 0. The third kappa shape index (κ3) is 20.7. The maximum atomic E-state index is 6.94. The third-order valence-electron chi connectivity index (χ3n) is 2.24. The van der Waals surface area contributed by atoms with Gasteiger partial charge in [0.2, 0.25) is 0 Å². The van der Waals surface area contributed by atoms with Gasteiger partial charge in [0.15, 0.2) is 0 Å². The van der Waals surface area contributed by atoms with Crippen LogP contribution < -0.4 is 0 Å². The largest absolute Gasteiger partial charge is 4.00 e. The molecule has 1 atom stereocenters. The number of hydrogen-bond acceptors (Lipinski definition) is 0. The Hall–Kier alpha value is 0.371. The van der Waals surface area contributed by atoms with Crippen LogP contribution in [0.25, 0.3) is 5.73 Å². The van der Waals surface area contributed by atoms with Gasteiger partial charge in [-0.05, 0) is 0 Å². The van der Waals surface area contributed by atoms with Gasteiger partial charge in [0, 0.05) is 9.52 Å². The number of rotatable bonds is 0. The fourth-order valence-corrected chi connectivity index (χ4v) is 1.16. The summed E-state index contributed by atoms with van der Waals surface area (Å²) in [5, 5.41) is 0. The first-order chi connectivity index (χ1) is 7.54. The zero-order valence-electron chi connectivity index (χ0n) is 15.7. The molecule has 1 aliphatic rings. The summed E-state index contributed by atoms with van der Waals surface area (Å²) in [4.78, 5) is 0. The van der Waals surface area contributed by atoms with Crippen molar-refractivity contribution in [1.82, 2.24) is 0 Å². The van der Waals surface area contributed by atoms with Crippen LogP contribution in [0, 0.1) is 26.8 Å². The molecule has 1 unspecified atom stereocenters. The van der Waals surface area contributed by atoms with Crippen LogP contribution in [0.3, 0.4) is 0 Å². The van der Waals surface area contributed by atoms with Crippen molar-refractivity contribution in [2.75, 3.05) is 0 Å². The molecule has 20 heavy (non-hydrogen) atoms. The zero-order valence-corrected chi connectivity index (χ0v) is 18.4. The topological polar surface area (TPSA) is 23.8 Å². The Labute approximate surface area is 147 Å². The Bertz CT molecular complexity index is 269. The molecule has 0 saturated heterocycles. The first kappa shape index (κ1) is 32.4. The van der Waals surface area contributed by atoms with Crippen LogP contribution in [0.5, 0.6) is 0 Å². The summed E-state index contributed by atoms with van der Waals surface area (Å²) >= 11 is 0. The first-order valence-corrected chi connectivity index (χ1v) is 8.62. The Morgan fingerprint density at radius 1 is 1.05 bits per heavy atom. The molecule has 0 heterocycles. The van der Waals surface area contributed by atoms with Crippen LogP contribution in [0.2, 0.25) is 13.1 Å². The van der Waals surface area contributed by atoms with E-state index in [0.717, 1.165) is 9.52 Å². The molecule has 117 valence electrons. The van der Waals surface area contributed by atoms with E-state index < -0.39 is 0 Å². The second-order valence-corrected chi connectivity index (χ2v) is 6.78. The Morgan fingerprint density at radius 2 is 1.30 bits per heavy atom. The van der Waals surface area contributed by atoms with Crippen molar-refractivity contribution in [2.24, 2.45) is 5.92 Å². The maximum absolute atomic E-state index is 6.94. The van der Waals surface area contributed by atoms with E-state index in [4.69, 9.17) is 5.73 Å². The van der Waals surface area contributed by atoms with Gasteiger partial charge in [-0.1, -0.05) is 60.6 Å². The van der Waals surface area contributed by atoms with E-state index in [0.29, 0.717) is 5.92 Å². The minimum atomic E-state index is -0.250. The average Bonchev–Trinajstić information content (AvgIpc) is 2.32. The predicted molar refractivity (Wildman–Crippen MR) is 95.7 cm³/mol. The molecule has 1 nitrogen and oxygen atoms in total. The van der Waals surface area contributed by atoms with Gasteiger partial charge in [-0.15, -0.1) is 12.5 Å². The summed E-state index contributed by atoms with van der Waals surface area (Å²) in [6.07, 6.45) is 3.36. The van der Waals surface area contributed by atoms with Crippen molar-refractivity contribution in [3.05, 3.63) is 43.4 Å². The molecule has 0 aromatic carbocycles. The van der Waals surface area contributed by atoms with E-state index >= 15 is 0 Å².